The maximum Gasteiger partial charge on any atom is 0.410 e. The van der Waals surface area contributed by atoms with Gasteiger partial charge < -0.3 is 14.6 Å². The van der Waals surface area contributed by atoms with E-state index in [0.717, 1.165) is 16.7 Å². The van der Waals surface area contributed by atoms with Crippen LogP contribution in [0.1, 0.15) is 42.9 Å². The van der Waals surface area contributed by atoms with Crippen molar-refractivity contribution in [3.63, 3.8) is 0 Å². The molecule has 3 atom stereocenters. The van der Waals surface area contributed by atoms with Crippen LogP contribution in [0.4, 0.5) is 4.79 Å². The number of nitrogens with zero attached hydrogens (tertiary/aromatic N) is 1. The van der Waals surface area contributed by atoms with E-state index < -0.39 is 29.6 Å². The van der Waals surface area contributed by atoms with E-state index in [4.69, 9.17) is 9.47 Å². The van der Waals surface area contributed by atoms with Crippen molar-refractivity contribution in [3.8, 4) is 0 Å². The van der Waals surface area contributed by atoms with E-state index in [1.807, 2.05) is 61.5 Å². The Kier molecular flexibility index (Phi) is 8.45. The summed E-state index contributed by atoms with van der Waals surface area (Å²) in [6.07, 6.45) is -0.455. The molecule has 3 rings (SSSR count). The molecule has 0 aromatic heterocycles. The first kappa shape index (κ1) is 25.4. The topological polar surface area (TPSA) is 93.1 Å². The summed E-state index contributed by atoms with van der Waals surface area (Å²) in [5, 5.41) is 10.1. The van der Waals surface area contributed by atoms with Gasteiger partial charge in [0.1, 0.15) is 12.1 Å². The molecule has 0 saturated carbocycles. The predicted molar refractivity (Wildman–Crippen MR) is 127 cm³/mol. The molecule has 1 saturated heterocycles. The molecule has 2 aromatic carbocycles. The molecular weight excluding hydrogens is 434 g/mol. The number of aliphatic hydroxyl groups is 1. The monoisotopic (exact) mass is 467 g/mol. The van der Waals surface area contributed by atoms with Crippen LogP contribution in [0, 0.1) is 12.8 Å². The van der Waals surface area contributed by atoms with Crippen LogP contribution < -0.4 is 0 Å². The Morgan fingerprint density at radius 1 is 1.06 bits per heavy atom. The van der Waals surface area contributed by atoms with Crippen molar-refractivity contribution in [2.75, 3.05) is 13.7 Å². The van der Waals surface area contributed by atoms with Crippen molar-refractivity contribution in [1.82, 2.24) is 4.90 Å². The van der Waals surface area contributed by atoms with E-state index in [2.05, 4.69) is 0 Å². The number of carbonyl (C=O) groups excluding carboxylic acids is 3. The van der Waals surface area contributed by atoms with Gasteiger partial charge in [-0.2, -0.15) is 0 Å². The van der Waals surface area contributed by atoms with Crippen LogP contribution in [0.5, 0.6) is 0 Å². The normalized spacial score (nSPS) is 19.4. The lowest BCUT2D eigenvalue weighted by Crippen LogP contribution is -2.55. The van der Waals surface area contributed by atoms with E-state index in [0.29, 0.717) is 25.8 Å². The van der Waals surface area contributed by atoms with Crippen molar-refractivity contribution in [3.05, 3.63) is 71.3 Å². The van der Waals surface area contributed by atoms with Gasteiger partial charge in [0.25, 0.3) is 0 Å². The number of carbonyl (C=O) groups is 3. The third-order valence-corrected chi connectivity index (χ3v) is 6.54. The molecule has 0 bridgehead atoms. The fraction of sp³-hybridized carbons (Fsp3) is 0.444. The summed E-state index contributed by atoms with van der Waals surface area (Å²) in [6.45, 7) is 3.92. The van der Waals surface area contributed by atoms with Gasteiger partial charge >= 0.3 is 12.1 Å². The number of esters is 1. The minimum Gasteiger partial charge on any atom is -0.469 e. The van der Waals surface area contributed by atoms with Crippen LogP contribution in [0.2, 0.25) is 0 Å². The Morgan fingerprint density at radius 2 is 1.74 bits per heavy atom. The minimum absolute atomic E-state index is 0.101. The molecule has 2 aromatic rings. The van der Waals surface area contributed by atoms with Crippen LogP contribution in [-0.4, -0.2) is 53.1 Å². The third kappa shape index (κ3) is 5.83. The summed E-state index contributed by atoms with van der Waals surface area (Å²) >= 11 is 0. The van der Waals surface area contributed by atoms with E-state index in [-0.39, 0.29) is 18.8 Å². The van der Waals surface area contributed by atoms with Crippen molar-refractivity contribution < 1.29 is 29.0 Å². The van der Waals surface area contributed by atoms with E-state index in [1.165, 1.54) is 18.9 Å². The molecule has 1 aliphatic rings. The Hall–Kier alpha value is -3.19. The van der Waals surface area contributed by atoms with Gasteiger partial charge in [-0.05, 0) is 37.8 Å². The summed E-state index contributed by atoms with van der Waals surface area (Å²) in [4.78, 5) is 40.7. The number of methoxy groups -OCH3 is 1. The van der Waals surface area contributed by atoms with Crippen molar-refractivity contribution in [2.24, 2.45) is 5.92 Å². The maximum atomic E-state index is 13.8. The molecule has 34 heavy (non-hydrogen) atoms. The van der Waals surface area contributed by atoms with Gasteiger partial charge in [0.2, 0.25) is 0 Å². The summed E-state index contributed by atoms with van der Waals surface area (Å²) in [7, 11) is 1.23. The minimum atomic E-state index is -1.16. The molecule has 0 radical (unpaired) electrons. The highest BCUT2D eigenvalue weighted by molar-refractivity contribution is 5.95. The molecule has 1 fully saturated rings. The van der Waals surface area contributed by atoms with Crippen molar-refractivity contribution in [2.45, 2.75) is 57.8 Å². The highest BCUT2D eigenvalue weighted by Gasteiger charge is 2.51. The fourth-order valence-corrected chi connectivity index (χ4v) is 4.55. The Bertz CT molecular complexity index is 988. The average molecular weight is 468 g/mol. The lowest BCUT2D eigenvalue weighted by Gasteiger charge is -2.37. The van der Waals surface area contributed by atoms with E-state index >= 15 is 0 Å². The molecule has 182 valence electrons. The summed E-state index contributed by atoms with van der Waals surface area (Å²) in [6, 6.07) is 17.2. The lowest BCUT2D eigenvalue weighted by molar-refractivity contribution is -0.152. The molecular formula is C27H33NO6. The highest BCUT2D eigenvalue weighted by atomic mass is 16.6. The number of benzene rings is 2. The number of aliphatic hydroxyl groups excluding tert-OH is 1. The van der Waals surface area contributed by atoms with Crippen LogP contribution >= 0.6 is 0 Å². The Balaban J connectivity index is 1.89. The highest BCUT2D eigenvalue weighted by Crippen LogP contribution is 2.37. The smallest absolute Gasteiger partial charge is 0.410 e. The fourth-order valence-electron chi connectivity index (χ4n) is 4.55. The molecule has 0 aliphatic carbocycles. The van der Waals surface area contributed by atoms with Crippen LogP contribution in [0.3, 0.4) is 0 Å². The van der Waals surface area contributed by atoms with E-state index in [1.54, 1.807) is 0 Å². The number of amides is 1. The largest absolute Gasteiger partial charge is 0.469 e. The zero-order chi connectivity index (χ0) is 24.7. The standard InChI is InChI=1S/C27H33NO6/c1-19-10-12-21(13-11-19)17-27(24(30)16-23(20(2)29)25(31)33-3)14-7-15-28(27)26(32)34-18-22-8-5-4-6-9-22/h4-6,8-13,20,23,29H,7,14-18H2,1-3H3/t20-,23+,27?/m0/s1. The van der Waals surface area contributed by atoms with Gasteiger partial charge in [-0.15, -0.1) is 0 Å². The summed E-state index contributed by atoms with van der Waals surface area (Å²) < 4.78 is 10.4. The number of likely N-dealkylation sites (tertiary alicyclic amines) is 1. The first-order valence-corrected chi connectivity index (χ1v) is 11.6. The second-order valence-electron chi connectivity index (χ2n) is 8.99. The van der Waals surface area contributed by atoms with Gasteiger partial charge in [0, 0.05) is 19.4 Å². The van der Waals surface area contributed by atoms with E-state index in [9.17, 15) is 19.5 Å². The SMILES string of the molecule is COC(=O)[C@H](CC(=O)C1(Cc2ccc(C)cc2)CCCN1C(=O)OCc1ccccc1)[C@H](C)O. The number of ether oxygens (including phenoxy) is 2. The Morgan fingerprint density at radius 3 is 2.35 bits per heavy atom. The number of aryl methyl sites for hydroxylation is 1. The zero-order valence-electron chi connectivity index (χ0n) is 20.0. The molecule has 1 amide bonds. The zero-order valence-corrected chi connectivity index (χ0v) is 20.0. The van der Waals surface area contributed by atoms with Crippen LogP contribution in [0.15, 0.2) is 54.6 Å². The second-order valence-corrected chi connectivity index (χ2v) is 8.99. The average Bonchev–Trinajstić information content (AvgIpc) is 3.27. The van der Waals surface area contributed by atoms with Gasteiger partial charge in [-0.25, -0.2) is 4.79 Å². The van der Waals surface area contributed by atoms with Gasteiger partial charge in [-0.1, -0.05) is 60.2 Å². The molecule has 1 N–H and O–H groups in total. The predicted octanol–water partition coefficient (Wildman–Crippen LogP) is 3.84. The third-order valence-electron chi connectivity index (χ3n) is 6.54. The number of Topliss-reactive ketones (excluding diaryl/α,β-unsaturated/α-hetero) is 1. The Labute approximate surface area is 200 Å². The van der Waals surface area contributed by atoms with Gasteiger partial charge in [-0.3, -0.25) is 14.5 Å². The quantitative estimate of drug-likeness (QED) is 0.564. The first-order chi connectivity index (χ1) is 16.3. The van der Waals surface area contributed by atoms with Gasteiger partial charge in [0.15, 0.2) is 5.78 Å². The molecule has 7 nitrogen and oxygen atoms in total. The summed E-state index contributed by atoms with van der Waals surface area (Å²) in [5.74, 6) is -1.93. The molecule has 0 spiro atoms. The van der Waals surface area contributed by atoms with Crippen molar-refractivity contribution in [1.29, 1.82) is 0 Å². The second kappa shape index (κ2) is 11.3. The lowest BCUT2D eigenvalue weighted by atomic mass is 9.79. The molecule has 1 unspecified atom stereocenters. The number of hydrogen-bond acceptors (Lipinski definition) is 6. The molecule has 1 heterocycles. The number of ketones is 1. The van der Waals surface area contributed by atoms with Gasteiger partial charge in [0.05, 0.1) is 19.1 Å². The molecule has 7 heteroatoms. The first-order valence-electron chi connectivity index (χ1n) is 11.6. The number of rotatable bonds is 9. The summed E-state index contributed by atoms with van der Waals surface area (Å²) in [5.41, 5.74) is 1.69. The van der Waals surface area contributed by atoms with Crippen molar-refractivity contribution >= 4 is 17.8 Å². The molecule has 1 aliphatic heterocycles. The number of hydrogen-bond donors (Lipinski definition) is 1. The maximum absolute atomic E-state index is 13.8. The van der Waals surface area contributed by atoms with Crippen LogP contribution in [-0.2, 0) is 32.1 Å². The van der Waals surface area contributed by atoms with Crippen LogP contribution in [0.25, 0.3) is 0 Å².